The fraction of sp³-hybridized carbons (Fsp3) is 0.943. The zero-order valence-electron chi connectivity index (χ0n) is 58.1. The van der Waals surface area contributed by atoms with Crippen LogP contribution in [0.25, 0.3) is 0 Å². The molecule has 0 spiro atoms. The Kier molecular flexibility index (Phi) is 58.5. The van der Waals surface area contributed by atoms with Crippen molar-refractivity contribution in [2.75, 3.05) is 39.6 Å². The van der Waals surface area contributed by atoms with E-state index in [1.807, 2.05) is 0 Å². The molecule has 17 nitrogen and oxygen atoms in total. The highest BCUT2D eigenvalue weighted by molar-refractivity contribution is 7.47. The topological polar surface area (TPSA) is 237 Å². The van der Waals surface area contributed by atoms with E-state index in [1.165, 1.54) is 135 Å². The van der Waals surface area contributed by atoms with Crippen molar-refractivity contribution in [3.63, 3.8) is 0 Å². The monoisotopic (exact) mass is 1310 g/mol. The van der Waals surface area contributed by atoms with E-state index in [9.17, 15) is 43.2 Å². The van der Waals surface area contributed by atoms with E-state index in [4.69, 9.17) is 37.0 Å². The number of hydrogen-bond acceptors (Lipinski definition) is 15. The van der Waals surface area contributed by atoms with Crippen molar-refractivity contribution in [3.05, 3.63) is 0 Å². The molecule has 0 saturated heterocycles. The molecule has 0 bridgehead atoms. The van der Waals surface area contributed by atoms with Crippen LogP contribution in [0.5, 0.6) is 0 Å². The number of aliphatic hydroxyl groups is 1. The van der Waals surface area contributed by atoms with Crippen LogP contribution in [0.3, 0.4) is 0 Å². The lowest BCUT2D eigenvalue weighted by atomic mass is 10.0. The highest BCUT2D eigenvalue weighted by atomic mass is 31.2. The van der Waals surface area contributed by atoms with Gasteiger partial charge in [-0.25, -0.2) is 9.13 Å². The van der Waals surface area contributed by atoms with E-state index in [2.05, 4.69) is 55.4 Å². The SMILES string of the molecule is CC(C)CCCCCCCCCCCCCCCCCCCCC(=O)O[C@H](COC(=O)CCCCCCCCC(C)C)COP(=O)(O)OCC(O)COP(=O)(O)OC[C@@H](COC(=O)CCCCCCCCCC(C)C)OC(=O)CCCCCCCCC(C)C. The Hall–Kier alpha value is -1.94. The van der Waals surface area contributed by atoms with E-state index in [1.54, 1.807) is 0 Å². The number of carbonyl (C=O) groups excluding carboxylic acids is 4. The van der Waals surface area contributed by atoms with Crippen LogP contribution in [0.4, 0.5) is 0 Å². The Balaban J connectivity index is 5.13. The van der Waals surface area contributed by atoms with Gasteiger partial charge in [-0.05, 0) is 49.4 Å². The number of rotatable bonds is 67. The van der Waals surface area contributed by atoms with Gasteiger partial charge in [0.15, 0.2) is 12.2 Å². The zero-order valence-corrected chi connectivity index (χ0v) is 59.8. The first-order valence-electron chi connectivity index (χ1n) is 36.2. The van der Waals surface area contributed by atoms with Crippen molar-refractivity contribution in [2.24, 2.45) is 23.7 Å². The third-order valence-corrected chi connectivity index (χ3v) is 18.0. The number of esters is 4. The molecule has 0 saturated carbocycles. The van der Waals surface area contributed by atoms with Gasteiger partial charge >= 0.3 is 39.5 Å². The number of hydrogen-bond donors (Lipinski definition) is 3. The summed E-state index contributed by atoms with van der Waals surface area (Å²) in [7, 11) is -9.90. The van der Waals surface area contributed by atoms with Crippen molar-refractivity contribution in [2.45, 2.75) is 363 Å². The molecule has 0 aromatic heterocycles. The summed E-state index contributed by atoms with van der Waals surface area (Å²) in [6, 6.07) is 0. The molecule has 528 valence electrons. The number of ether oxygens (including phenoxy) is 4. The first kappa shape index (κ1) is 87.1. The van der Waals surface area contributed by atoms with Gasteiger partial charge in [0.2, 0.25) is 0 Å². The molecular weight excluding hydrogens is 1170 g/mol. The predicted octanol–water partition coefficient (Wildman–Crippen LogP) is 19.7. The Morgan fingerprint density at radius 1 is 0.281 bits per heavy atom. The first-order valence-corrected chi connectivity index (χ1v) is 39.2. The van der Waals surface area contributed by atoms with Crippen LogP contribution in [0.1, 0.15) is 344 Å². The molecule has 0 radical (unpaired) electrons. The highest BCUT2D eigenvalue weighted by Gasteiger charge is 2.30. The fourth-order valence-corrected chi connectivity index (χ4v) is 12.1. The molecule has 0 rings (SSSR count). The van der Waals surface area contributed by atoms with Gasteiger partial charge in [0.1, 0.15) is 19.3 Å². The van der Waals surface area contributed by atoms with Gasteiger partial charge in [0.05, 0.1) is 26.4 Å². The van der Waals surface area contributed by atoms with Crippen molar-refractivity contribution in [3.8, 4) is 0 Å². The highest BCUT2D eigenvalue weighted by Crippen LogP contribution is 2.45. The first-order chi connectivity index (χ1) is 42.6. The van der Waals surface area contributed by atoms with E-state index in [0.717, 1.165) is 109 Å². The number of unbranched alkanes of at least 4 members (excludes halogenated alkanes) is 33. The number of carbonyl (C=O) groups is 4. The minimum absolute atomic E-state index is 0.101. The standard InChI is InChI=1S/C70H136O17P2/c1-60(2)46-38-30-22-19-17-15-13-11-9-10-12-14-16-18-20-24-36-44-52-69(74)86-65(57-81-68(73)51-43-35-28-26-32-40-48-62(5)6)58-84-88(76,77)82-54-64(71)55-83-89(78,79)85-59-66(87-70(75)53-45-37-29-27-33-41-49-63(7)8)56-80-67(72)50-42-34-25-21-23-31-39-47-61(3)4/h60-66,71H,9-59H2,1-8H3,(H,76,77)(H,78,79)/t64?,65-,66-/m1/s1. The average Bonchev–Trinajstić information content (AvgIpc) is 3.65. The second kappa shape index (κ2) is 59.8. The molecule has 0 aliphatic rings. The molecule has 0 heterocycles. The lowest BCUT2D eigenvalue weighted by molar-refractivity contribution is -0.161. The van der Waals surface area contributed by atoms with E-state index in [0.29, 0.717) is 43.4 Å². The second-order valence-electron chi connectivity index (χ2n) is 27.2. The Bertz CT molecular complexity index is 1760. The molecule has 0 amide bonds. The van der Waals surface area contributed by atoms with Gasteiger partial charge in [-0.3, -0.25) is 37.3 Å². The number of phosphoric acid groups is 2. The third-order valence-electron chi connectivity index (χ3n) is 16.1. The summed E-state index contributed by atoms with van der Waals surface area (Å²) in [6.45, 7) is 13.9. The van der Waals surface area contributed by atoms with Gasteiger partial charge in [-0.15, -0.1) is 0 Å². The van der Waals surface area contributed by atoms with Crippen molar-refractivity contribution >= 4 is 39.5 Å². The molecule has 0 aliphatic heterocycles. The van der Waals surface area contributed by atoms with E-state index >= 15 is 0 Å². The summed E-state index contributed by atoms with van der Waals surface area (Å²) in [5.41, 5.74) is 0. The maximum absolute atomic E-state index is 13.0. The lowest BCUT2D eigenvalue weighted by Gasteiger charge is -2.21. The summed E-state index contributed by atoms with van der Waals surface area (Å²) in [5, 5.41) is 10.6. The summed E-state index contributed by atoms with van der Waals surface area (Å²) < 4.78 is 68.1. The van der Waals surface area contributed by atoms with Crippen LogP contribution in [0.15, 0.2) is 0 Å². The summed E-state index contributed by atoms with van der Waals surface area (Å²) >= 11 is 0. The molecule has 0 aromatic carbocycles. The summed E-state index contributed by atoms with van der Waals surface area (Å²) in [5.74, 6) is 0.736. The van der Waals surface area contributed by atoms with Gasteiger partial charge in [-0.1, -0.05) is 293 Å². The average molecular weight is 1310 g/mol. The van der Waals surface area contributed by atoms with Crippen LogP contribution < -0.4 is 0 Å². The zero-order chi connectivity index (χ0) is 66.1. The Morgan fingerprint density at radius 3 is 0.697 bits per heavy atom. The third kappa shape index (κ3) is 64.6. The predicted molar refractivity (Wildman–Crippen MR) is 358 cm³/mol. The molecule has 19 heteroatoms. The maximum Gasteiger partial charge on any atom is 0.472 e. The van der Waals surface area contributed by atoms with Crippen LogP contribution in [-0.2, 0) is 65.4 Å². The largest absolute Gasteiger partial charge is 0.472 e. The van der Waals surface area contributed by atoms with E-state index in [-0.39, 0.29) is 25.7 Å². The summed E-state index contributed by atoms with van der Waals surface area (Å²) in [4.78, 5) is 72.3. The quantitative estimate of drug-likeness (QED) is 0.0222. The molecule has 5 atom stereocenters. The van der Waals surface area contributed by atoms with Crippen LogP contribution in [-0.4, -0.2) is 96.7 Å². The molecule has 0 aliphatic carbocycles. The van der Waals surface area contributed by atoms with Crippen LogP contribution in [0.2, 0.25) is 0 Å². The maximum atomic E-state index is 13.0. The number of phosphoric ester groups is 2. The Labute approximate surface area is 543 Å². The van der Waals surface area contributed by atoms with Gasteiger partial charge < -0.3 is 33.8 Å². The molecule has 3 unspecified atom stereocenters. The minimum Gasteiger partial charge on any atom is -0.462 e. The number of aliphatic hydroxyl groups excluding tert-OH is 1. The van der Waals surface area contributed by atoms with Gasteiger partial charge in [-0.2, -0.15) is 0 Å². The smallest absolute Gasteiger partial charge is 0.462 e. The van der Waals surface area contributed by atoms with Gasteiger partial charge in [0.25, 0.3) is 0 Å². The minimum atomic E-state index is -4.95. The molecule has 3 N–H and O–H groups in total. The van der Waals surface area contributed by atoms with Gasteiger partial charge in [0, 0.05) is 25.7 Å². The molecular formula is C70H136O17P2. The van der Waals surface area contributed by atoms with Crippen molar-refractivity contribution in [1.82, 2.24) is 0 Å². The molecule has 0 fully saturated rings. The Morgan fingerprint density at radius 2 is 0.472 bits per heavy atom. The normalized spacial score (nSPS) is 14.3. The van der Waals surface area contributed by atoms with E-state index < -0.39 is 97.5 Å². The summed E-state index contributed by atoms with van der Waals surface area (Å²) in [6.07, 6.45) is 42.3. The molecule has 89 heavy (non-hydrogen) atoms. The van der Waals surface area contributed by atoms with Crippen molar-refractivity contribution < 1.29 is 80.2 Å². The fourth-order valence-electron chi connectivity index (χ4n) is 10.5. The van der Waals surface area contributed by atoms with Crippen molar-refractivity contribution in [1.29, 1.82) is 0 Å². The van der Waals surface area contributed by atoms with Crippen LogP contribution in [0, 0.1) is 23.7 Å². The second-order valence-corrected chi connectivity index (χ2v) is 30.1. The molecule has 0 aromatic rings. The lowest BCUT2D eigenvalue weighted by Crippen LogP contribution is -2.30. The van der Waals surface area contributed by atoms with Crippen LogP contribution >= 0.6 is 15.6 Å².